The zero-order chi connectivity index (χ0) is 17.5. The Balaban J connectivity index is 1.96. The summed E-state index contributed by atoms with van der Waals surface area (Å²) in [7, 11) is 1.61. The number of anilines is 1. The smallest absolute Gasteiger partial charge is 0.331 e. The van der Waals surface area contributed by atoms with E-state index in [4.69, 9.17) is 4.74 Å². The van der Waals surface area contributed by atoms with Gasteiger partial charge in [0.25, 0.3) is 5.91 Å². The van der Waals surface area contributed by atoms with Crippen molar-refractivity contribution in [3.63, 3.8) is 0 Å². The molecule has 0 aliphatic heterocycles. The Hall–Kier alpha value is -2.95. The van der Waals surface area contributed by atoms with E-state index in [0.29, 0.717) is 5.69 Å². The molecule has 1 atom stereocenters. The fourth-order valence-corrected chi connectivity index (χ4v) is 2.08. The van der Waals surface area contributed by atoms with Crippen LogP contribution in [-0.4, -0.2) is 25.0 Å². The average Bonchev–Trinajstić information content (AvgIpc) is 2.60. The number of ether oxygens (including phenoxy) is 1. The number of hydrogen-bond donors (Lipinski definition) is 0. The molecule has 24 heavy (non-hydrogen) atoms. The predicted octanol–water partition coefficient (Wildman–Crippen LogP) is 3.43. The lowest BCUT2D eigenvalue weighted by Crippen LogP contribution is -2.37. The van der Waals surface area contributed by atoms with Gasteiger partial charge in [0.2, 0.25) is 0 Å². The lowest BCUT2D eigenvalue weighted by atomic mass is 10.2. The Morgan fingerprint density at radius 1 is 1.08 bits per heavy atom. The Morgan fingerprint density at radius 3 is 2.38 bits per heavy atom. The molecule has 0 heterocycles. The summed E-state index contributed by atoms with van der Waals surface area (Å²) in [5, 5.41) is 0. The van der Waals surface area contributed by atoms with E-state index >= 15 is 0 Å². The van der Waals surface area contributed by atoms with Crippen LogP contribution in [-0.2, 0) is 14.3 Å². The van der Waals surface area contributed by atoms with Crippen LogP contribution < -0.4 is 4.90 Å². The van der Waals surface area contributed by atoms with Crippen LogP contribution in [0.25, 0.3) is 6.08 Å². The van der Waals surface area contributed by atoms with E-state index in [0.717, 1.165) is 6.08 Å². The van der Waals surface area contributed by atoms with E-state index < -0.39 is 17.9 Å². The number of carbonyl (C=O) groups excluding carboxylic acids is 2. The third-order valence-corrected chi connectivity index (χ3v) is 3.42. The second-order valence-corrected chi connectivity index (χ2v) is 5.17. The highest BCUT2D eigenvalue weighted by molar-refractivity contribution is 5.98. The number of nitrogens with zero attached hydrogens (tertiary/aromatic N) is 1. The number of carbonyl (C=O) groups is 2. The minimum Gasteiger partial charge on any atom is -0.449 e. The molecule has 0 spiro atoms. The SMILES string of the molecule is C[C@@H](OC(=O)/C=C/c1ccccc1F)C(=O)N(C)c1ccccc1. The summed E-state index contributed by atoms with van der Waals surface area (Å²) in [6.45, 7) is 1.50. The Bertz CT molecular complexity index is 743. The van der Waals surface area contributed by atoms with Crippen LogP contribution in [0.1, 0.15) is 12.5 Å². The van der Waals surface area contributed by atoms with E-state index in [1.54, 1.807) is 31.3 Å². The van der Waals surface area contributed by atoms with Crippen molar-refractivity contribution in [2.24, 2.45) is 0 Å². The number of para-hydroxylation sites is 1. The van der Waals surface area contributed by atoms with Crippen molar-refractivity contribution in [1.82, 2.24) is 0 Å². The van der Waals surface area contributed by atoms with Gasteiger partial charge in [-0.3, -0.25) is 4.79 Å². The lowest BCUT2D eigenvalue weighted by molar-refractivity contribution is -0.148. The maximum Gasteiger partial charge on any atom is 0.331 e. The van der Waals surface area contributed by atoms with Crippen molar-refractivity contribution in [3.05, 3.63) is 72.1 Å². The van der Waals surface area contributed by atoms with E-state index in [9.17, 15) is 14.0 Å². The molecule has 0 radical (unpaired) electrons. The van der Waals surface area contributed by atoms with Crippen LogP contribution in [0.4, 0.5) is 10.1 Å². The van der Waals surface area contributed by atoms with Gasteiger partial charge >= 0.3 is 5.97 Å². The summed E-state index contributed by atoms with van der Waals surface area (Å²) in [6.07, 6.45) is 1.47. The summed E-state index contributed by atoms with van der Waals surface area (Å²) in [4.78, 5) is 25.5. The molecule has 0 aliphatic rings. The summed E-state index contributed by atoms with van der Waals surface area (Å²) in [6, 6.07) is 15.1. The van der Waals surface area contributed by atoms with Gasteiger partial charge in [-0.2, -0.15) is 0 Å². The summed E-state index contributed by atoms with van der Waals surface area (Å²) >= 11 is 0. The standard InChI is InChI=1S/C19H18FNO3/c1-14(19(23)21(2)16-9-4-3-5-10-16)24-18(22)13-12-15-8-6-7-11-17(15)20/h3-14H,1-2H3/b13-12+/t14-/m1/s1. The van der Waals surface area contributed by atoms with Crippen LogP contribution in [0.15, 0.2) is 60.7 Å². The highest BCUT2D eigenvalue weighted by atomic mass is 19.1. The molecule has 0 fully saturated rings. The first kappa shape index (κ1) is 17.4. The second-order valence-electron chi connectivity index (χ2n) is 5.17. The molecule has 0 unspecified atom stereocenters. The minimum atomic E-state index is -0.951. The van der Waals surface area contributed by atoms with E-state index in [-0.39, 0.29) is 11.5 Å². The molecule has 124 valence electrons. The number of rotatable bonds is 5. The van der Waals surface area contributed by atoms with Crippen LogP contribution in [0.2, 0.25) is 0 Å². The highest BCUT2D eigenvalue weighted by Gasteiger charge is 2.21. The topological polar surface area (TPSA) is 46.6 Å². The average molecular weight is 327 g/mol. The fraction of sp³-hybridized carbons (Fsp3) is 0.158. The molecule has 0 saturated heterocycles. The number of halogens is 1. The molecule has 5 heteroatoms. The maximum atomic E-state index is 13.5. The first-order chi connectivity index (χ1) is 11.5. The van der Waals surface area contributed by atoms with Crippen molar-refractivity contribution < 1.29 is 18.7 Å². The summed E-state index contributed by atoms with van der Waals surface area (Å²) < 4.78 is 18.5. The van der Waals surface area contributed by atoms with Crippen LogP contribution in [0, 0.1) is 5.82 Å². The second kappa shape index (κ2) is 8.06. The van der Waals surface area contributed by atoms with E-state index in [2.05, 4.69) is 0 Å². The molecule has 0 saturated carbocycles. The lowest BCUT2D eigenvalue weighted by Gasteiger charge is -2.21. The molecule has 0 bridgehead atoms. The van der Waals surface area contributed by atoms with E-state index in [1.165, 1.54) is 30.0 Å². The van der Waals surface area contributed by atoms with Gasteiger partial charge in [-0.25, -0.2) is 9.18 Å². The fourth-order valence-electron chi connectivity index (χ4n) is 2.08. The highest BCUT2D eigenvalue weighted by Crippen LogP contribution is 2.13. The van der Waals surface area contributed by atoms with Crippen LogP contribution >= 0.6 is 0 Å². The molecule has 0 aromatic heterocycles. The Kier molecular flexibility index (Phi) is 5.84. The number of amides is 1. The molecular formula is C19H18FNO3. The molecule has 0 aliphatic carbocycles. The van der Waals surface area contributed by atoms with Gasteiger partial charge < -0.3 is 9.64 Å². The van der Waals surface area contributed by atoms with Gasteiger partial charge in [0.05, 0.1) is 0 Å². The van der Waals surface area contributed by atoms with Crippen LogP contribution in [0.5, 0.6) is 0 Å². The van der Waals surface area contributed by atoms with Crippen molar-refractivity contribution >= 4 is 23.6 Å². The molecule has 4 nitrogen and oxygen atoms in total. The van der Waals surface area contributed by atoms with Crippen molar-refractivity contribution in [3.8, 4) is 0 Å². The number of esters is 1. The molecule has 1 amide bonds. The summed E-state index contributed by atoms with van der Waals surface area (Å²) in [5.41, 5.74) is 0.974. The Labute approximate surface area is 140 Å². The third kappa shape index (κ3) is 4.52. The maximum absolute atomic E-state index is 13.5. The van der Waals surface area contributed by atoms with Gasteiger partial charge in [0.15, 0.2) is 6.10 Å². The van der Waals surface area contributed by atoms with Crippen LogP contribution in [0.3, 0.4) is 0 Å². The molecule has 2 aromatic rings. The third-order valence-electron chi connectivity index (χ3n) is 3.42. The van der Waals surface area contributed by atoms with Gasteiger partial charge in [-0.15, -0.1) is 0 Å². The normalized spacial score (nSPS) is 12.0. The monoisotopic (exact) mass is 327 g/mol. The van der Waals surface area contributed by atoms with Gasteiger partial charge in [0, 0.05) is 24.4 Å². The quantitative estimate of drug-likeness (QED) is 0.624. The first-order valence-electron chi connectivity index (χ1n) is 7.45. The molecule has 2 aromatic carbocycles. The molecule has 0 N–H and O–H groups in total. The van der Waals surface area contributed by atoms with Gasteiger partial charge in [-0.05, 0) is 31.2 Å². The van der Waals surface area contributed by atoms with Gasteiger partial charge in [-0.1, -0.05) is 36.4 Å². The number of hydrogen-bond acceptors (Lipinski definition) is 3. The van der Waals surface area contributed by atoms with Gasteiger partial charge in [0.1, 0.15) is 5.82 Å². The summed E-state index contributed by atoms with van der Waals surface area (Å²) in [5.74, 6) is -1.50. The minimum absolute atomic E-state index is 0.273. The molecule has 2 rings (SSSR count). The zero-order valence-electron chi connectivity index (χ0n) is 13.5. The van der Waals surface area contributed by atoms with Crippen molar-refractivity contribution in [1.29, 1.82) is 0 Å². The van der Waals surface area contributed by atoms with Crippen molar-refractivity contribution in [2.75, 3.05) is 11.9 Å². The number of likely N-dealkylation sites (N-methyl/N-ethyl adjacent to an activating group) is 1. The van der Waals surface area contributed by atoms with E-state index in [1.807, 2.05) is 18.2 Å². The largest absolute Gasteiger partial charge is 0.449 e. The Morgan fingerprint density at radius 2 is 1.71 bits per heavy atom. The number of benzene rings is 2. The molecular weight excluding hydrogens is 309 g/mol. The predicted molar refractivity (Wildman–Crippen MR) is 90.8 cm³/mol. The zero-order valence-corrected chi connectivity index (χ0v) is 13.5. The first-order valence-corrected chi connectivity index (χ1v) is 7.45. The van der Waals surface area contributed by atoms with Crippen molar-refractivity contribution in [2.45, 2.75) is 13.0 Å².